The van der Waals surface area contributed by atoms with Gasteiger partial charge in [0.05, 0.1) is 6.10 Å². The molecule has 5 unspecified atom stereocenters. The number of likely N-dealkylation sites (tertiary alicyclic amines) is 1. The van der Waals surface area contributed by atoms with Gasteiger partial charge in [-0.1, -0.05) is 0 Å². The number of nitrogens with two attached hydrogens (primary N) is 2. The largest absolute Gasteiger partial charge is 0.480 e. The lowest BCUT2D eigenvalue weighted by Crippen LogP contribution is -2.58. The highest BCUT2D eigenvalue weighted by molar-refractivity contribution is 7.80. The lowest BCUT2D eigenvalue weighted by Gasteiger charge is -2.29. The number of amides is 3. The van der Waals surface area contributed by atoms with Crippen molar-refractivity contribution in [3.05, 3.63) is 0 Å². The zero-order valence-electron chi connectivity index (χ0n) is 17.1. The van der Waals surface area contributed by atoms with E-state index in [1.807, 2.05) is 0 Å². The lowest BCUT2D eigenvalue weighted by atomic mass is 10.1. The highest BCUT2D eigenvalue weighted by Crippen LogP contribution is 2.20. The summed E-state index contributed by atoms with van der Waals surface area (Å²) in [7, 11) is 0. The SMILES string of the molecule is CC(O)C(N)C(=O)NC(CS)C(=O)NC(CCCCN)C(=O)N1CCCC1C(=O)O. The Morgan fingerprint density at radius 1 is 1.17 bits per heavy atom. The molecule has 1 rings (SSSR count). The number of carbonyl (C=O) groups is 4. The Labute approximate surface area is 181 Å². The van der Waals surface area contributed by atoms with Crippen LogP contribution in [-0.2, 0) is 19.2 Å². The Morgan fingerprint density at radius 2 is 1.80 bits per heavy atom. The van der Waals surface area contributed by atoms with Gasteiger partial charge in [0.15, 0.2) is 0 Å². The van der Waals surface area contributed by atoms with Crippen molar-refractivity contribution in [2.75, 3.05) is 18.8 Å². The number of rotatable bonds is 12. The first-order valence-electron chi connectivity index (χ1n) is 10.0. The Bertz CT molecular complexity index is 620. The van der Waals surface area contributed by atoms with Crippen molar-refractivity contribution in [3.63, 3.8) is 0 Å². The van der Waals surface area contributed by atoms with Gasteiger partial charge in [0, 0.05) is 12.3 Å². The van der Waals surface area contributed by atoms with Crippen molar-refractivity contribution in [2.45, 2.75) is 69.3 Å². The van der Waals surface area contributed by atoms with Crippen LogP contribution in [0, 0.1) is 0 Å². The quantitative estimate of drug-likeness (QED) is 0.130. The van der Waals surface area contributed by atoms with Crippen molar-refractivity contribution < 1.29 is 29.4 Å². The van der Waals surface area contributed by atoms with Gasteiger partial charge < -0.3 is 37.2 Å². The monoisotopic (exact) mass is 447 g/mol. The molecule has 0 saturated carbocycles. The van der Waals surface area contributed by atoms with Crippen molar-refractivity contribution >= 4 is 36.3 Å². The Kier molecular flexibility index (Phi) is 11.1. The molecule has 1 aliphatic rings. The van der Waals surface area contributed by atoms with Crippen molar-refractivity contribution in [3.8, 4) is 0 Å². The molecule has 1 heterocycles. The second kappa shape index (κ2) is 12.7. The van der Waals surface area contributed by atoms with Crippen LogP contribution in [0.2, 0.25) is 0 Å². The summed E-state index contributed by atoms with van der Waals surface area (Å²) in [6, 6.07) is -4.17. The van der Waals surface area contributed by atoms with Gasteiger partial charge in [-0.2, -0.15) is 12.6 Å². The summed E-state index contributed by atoms with van der Waals surface area (Å²) in [6.07, 6.45) is 1.30. The maximum Gasteiger partial charge on any atom is 0.326 e. The van der Waals surface area contributed by atoms with E-state index in [1.54, 1.807) is 0 Å². The van der Waals surface area contributed by atoms with E-state index in [2.05, 4.69) is 23.3 Å². The van der Waals surface area contributed by atoms with Crippen molar-refractivity contribution in [1.82, 2.24) is 15.5 Å². The normalized spacial score (nSPS) is 20.2. The molecule has 3 amide bonds. The predicted octanol–water partition coefficient (Wildman–Crippen LogP) is -2.20. The van der Waals surface area contributed by atoms with Crippen LogP contribution in [0.3, 0.4) is 0 Å². The number of carboxylic acids is 1. The van der Waals surface area contributed by atoms with Gasteiger partial charge in [0.25, 0.3) is 0 Å². The molecule has 1 fully saturated rings. The lowest BCUT2D eigenvalue weighted by molar-refractivity contribution is -0.149. The molecule has 0 aromatic heterocycles. The molecule has 11 nitrogen and oxygen atoms in total. The summed E-state index contributed by atoms with van der Waals surface area (Å²) in [5.41, 5.74) is 11.1. The number of nitrogens with one attached hydrogen (secondary N) is 2. The number of thiol groups is 1. The first kappa shape index (κ1) is 26.1. The Hall–Kier alpha value is -1.89. The fourth-order valence-electron chi connectivity index (χ4n) is 3.19. The second-order valence-corrected chi connectivity index (χ2v) is 7.75. The molecule has 5 atom stereocenters. The number of hydrogen-bond donors (Lipinski definition) is 7. The van der Waals surface area contributed by atoms with Gasteiger partial charge in [-0.15, -0.1) is 0 Å². The standard InChI is InChI=1S/C18H33N5O6S/c1-10(24)14(20)16(26)22-12(9-30)15(25)21-11(5-2-3-7-19)17(27)23-8-4-6-13(23)18(28)29/h10-14,24,30H,2-9,19-20H2,1H3,(H,21,25)(H,22,26)(H,28,29). The van der Waals surface area contributed by atoms with Crippen LogP contribution in [0.4, 0.5) is 0 Å². The third-order valence-corrected chi connectivity index (χ3v) is 5.39. The van der Waals surface area contributed by atoms with Gasteiger partial charge in [-0.05, 0) is 45.6 Å². The fourth-order valence-corrected chi connectivity index (χ4v) is 3.45. The molecule has 0 aliphatic carbocycles. The summed E-state index contributed by atoms with van der Waals surface area (Å²) in [5.74, 6) is -2.99. The van der Waals surface area contributed by atoms with Gasteiger partial charge in [0.2, 0.25) is 17.7 Å². The first-order chi connectivity index (χ1) is 14.1. The molecule has 12 heteroatoms. The van der Waals surface area contributed by atoms with E-state index >= 15 is 0 Å². The molecule has 8 N–H and O–H groups in total. The van der Waals surface area contributed by atoms with Crippen LogP contribution in [0.25, 0.3) is 0 Å². The van der Waals surface area contributed by atoms with Gasteiger partial charge in [0.1, 0.15) is 24.2 Å². The van der Waals surface area contributed by atoms with Gasteiger partial charge in [-0.25, -0.2) is 4.79 Å². The number of hydrogen-bond acceptors (Lipinski definition) is 8. The fraction of sp³-hybridized carbons (Fsp3) is 0.778. The highest BCUT2D eigenvalue weighted by atomic mass is 32.1. The smallest absolute Gasteiger partial charge is 0.326 e. The number of nitrogens with zero attached hydrogens (tertiary/aromatic N) is 1. The molecular weight excluding hydrogens is 414 g/mol. The summed E-state index contributed by atoms with van der Waals surface area (Å²) < 4.78 is 0. The molecule has 1 aliphatic heterocycles. The first-order valence-corrected chi connectivity index (χ1v) is 10.7. The van der Waals surface area contributed by atoms with E-state index in [0.29, 0.717) is 38.8 Å². The predicted molar refractivity (Wildman–Crippen MR) is 113 cm³/mol. The minimum absolute atomic E-state index is 0.0602. The number of aliphatic carboxylic acids is 1. The molecule has 1 saturated heterocycles. The maximum atomic E-state index is 13.0. The van der Waals surface area contributed by atoms with Crippen LogP contribution >= 0.6 is 12.6 Å². The minimum atomic E-state index is -1.22. The molecule has 0 bridgehead atoms. The van der Waals surface area contributed by atoms with E-state index in [0.717, 1.165) is 0 Å². The van der Waals surface area contributed by atoms with Gasteiger partial charge in [-0.3, -0.25) is 14.4 Å². The molecule has 0 aromatic rings. The highest BCUT2D eigenvalue weighted by Gasteiger charge is 2.38. The summed E-state index contributed by atoms with van der Waals surface area (Å²) in [5, 5.41) is 23.8. The zero-order valence-corrected chi connectivity index (χ0v) is 18.0. The minimum Gasteiger partial charge on any atom is -0.480 e. The average Bonchev–Trinajstić information content (AvgIpc) is 3.20. The van der Waals surface area contributed by atoms with Crippen LogP contribution < -0.4 is 22.1 Å². The van der Waals surface area contributed by atoms with Crippen LogP contribution in [0.5, 0.6) is 0 Å². The Balaban J connectivity index is 2.88. The van der Waals surface area contributed by atoms with Gasteiger partial charge >= 0.3 is 5.97 Å². The zero-order chi connectivity index (χ0) is 22.8. The average molecular weight is 448 g/mol. The molecule has 172 valence electrons. The third kappa shape index (κ3) is 7.42. The topological polar surface area (TPSA) is 188 Å². The third-order valence-electron chi connectivity index (χ3n) is 5.02. The number of carbonyl (C=O) groups excluding carboxylic acids is 3. The van der Waals surface area contributed by atoms with E-state index < -0.39 is 54.0 Å². The van der Waals surface area contributed by atoms with Crippen LogP contribution in [-0.4, -0.2) is 87.9 Å². The molecular formula is C18H33N5O6S. The van der Waals surface area contributed by atoms with Crippen LogP contribution in [0.1, 0.15) is 39.0 Å². The number of unbranched alkanes of at least 4 members (excludes halogenated alkanes) is 1. The van der Waals surface area contributed by atoms with Crippen LogP contribution in [0.15, 0.2) is 0 Å². The summed E-state index contributed by atoms with van der Waals surface area (Å²) >= 11 is 4.07. The Morgan fingerprint density at radius 3 is 2.33 bits per heavy atom. The number of aliphatic hydroxyl groups excluding tert-OH is 1. The van der Waals surface area contributed by atoms with E-state index in [9.17, 15) is 29.4 Å². The number of aliphatic hydroxyl groups is 1. The summed E-state index contributed by atoms with van der Waals surface area (Å²) in [4.78, 5) is 50.4. The molecule has 30 heavy (non-hydrogen) atoms. The molecule has 0 radical (unpaired) electrons. The summed E-state index contributed by atoms with van der Waals surface area (Å²) in [6.45, 7) is 2.07. The van der Waals surface area contributed by atoms with E-state index in [-0.39, 0.29) is 12.2 Å². The number of carboxylic acid groups (broad SMARTS) is 1. The van der Waals surface area contributed by atoms with E-state index in [4.69, 9.17) is 11.5 Å². The maximum absolute atomic E-state index is 13.0. The van der Waals surface area contributed by atoms with Crippen molar-refractivity contribution in [1.29, 1.82) is 0 Å². The molecule has 0 aromatic carbocycles. The van der Waals surface area contributed by atoms with Crippen molar-refractivity contribution in [2.24, 2.45) is 11.5 Å². The second-order valence-electron chi connectivity index (χ2n) is 7.38. The molecule has 0 spiro atoms. The van der Waals surface area contributed by atoms with E-state index in [1.165, 1.54) is 11.8 Å².